The molecule has 6 nitrogen and oxygen atoms in total. The Bertz CT molecular complexity index is 423. The first-order valence-corrected chi connectivity index (χ1v) is 5.78. The molecule has 1 aliphatic heterocycles. The number of hydrogen-bond acceptors (Lipinski definition) is 5. The van der Waals surface area contributed by atoms with Gasteiger partial charge in [0.2, 0.25) is 0 Å². The molecule has 0 aliphatic carbocycles. The molecule has 1 fully saturated rings. The number of aliphatic hydroxyl groups is 2. The molecule has 6 heteroatoms. The van der Waals surface area contributed by atoms with Gasteiger partial charge >= 0.3 is 0 Å². The van der Waals surface area contributed by atoms with Gasteiger partial charge in [-0.3, -0.25) is 4.79 Å². The van der Waals surface area contributed by atoms with Crippen molar-refractivity contribution in [2.75, 3.05) is 32.1 Å². The van der Waals surface area contributed by atoms with E-state index in [0.717, 1.165) is 5.82 Å². The number of anilines is 1. The van der Waals surface area contributed by atoms with Gasteiger partial charge in [-0.2, -0.15) is 0 Å². The van der Waals surface area contributed by atoms with E-state index in [4.69, 9.17) is 0 Å². The first kappa shape index (κ1) is 12.8. The van der Waals surface area contributed by atoms with E-state index in [2.05, 4.69) is 4.98 Å². The third-order valence-electron chi connectivity index (χ3n) is 3.00. The summed E-state index contributed by atoms with van der Waals surface area (Å²) in [6, 6.07) is 3.46. The Morgan fingerprint density at radius 3 is 2.39 bits per heavy atom. The second kappa shape index (κ2) is 4.91. The lowest BCUT2D eigenvalue weighted by Gasteiger charge is -2.16. The van der Waals surface area contributed by atoms with Crippen molar-refractivity contribution in [1.29, 1.82) is 0 Å². The molecular weight excluding hydrogens is 234 g/mol. The van der Waals surface area contributed by atoms with Crippen molar-refractivity contribution in [3.8, 4) is 0 Å². The maximum Gasteiger partial charge on any atom is 0.255 e. The van der Waals surface area contributed by atoms with Crippen LogP contribution in [-0.2, 0) is 0 Å². The fraction of sp³-hybridized carbons (Fsp3) is 0.500. The average molecular weight is 251 g/mol. The van der Waals surface area contributed by atoms with Crippen molar-refractivity contribution in [1.82, 2.24) is 9.88 Å². The van der Waals surface area contributed by atoms with E-state index in [1.807, 2.05) is 19.0 Å². The van der Waals surface area contributed by atoms with E-state index < -0.39 is 12.2 Å². The summed E-state index contributed by atoms with van der Waals surface area (Å²) in [7, 11) is 3.74. The van der Waals surface area contributed by atoms with Gasteiger partial charge in [-0.25, -0.2) is 4.98 Å². The highest BCUT2D eigenvalue weighted by Crippen LogP contribution is 2.15. The Labute approximate surface area is 105 Å². The van der Waals surface area contributed by atoms with E-state index in [0.29, 0.717) is 5.56 Å². The predicted octanol–water partition coefficient (Wildman–Crippen LogP) is -0.675. The lowest BCUT2D eigenvalue weighted by atomic mass is 10.2. The zero-order chi connectivity index (χ0) is 13.3. The normalized spacial score (nSPS) is 23.2. The largest absolute Gasteiger partial charge is 0.388 e. The van der Waals surface area contributed by atoms with Crippen molar-refractivity contribution in [2.45, 2.75) is 12.2 Å². The summed E-state index contributed by atoms with van der Waals surface area (Å²) in [5, 5.41) is 18.8. The minimum absolute atomic E-state index is 0.162. The van der Waals surface area contributed by atoms with Crippen LogP contribution in [0.3, 0.4) is 0 Å². The van der Waals surface area contributed by atoms with E-state index in [-0.39, 0.29) is 19.0 Å². The molecule has 2 rings (SSSR count). The molecule has 2 unspecified atom stereocenters. The fourth-order valence-corrected chi connectivity index (χ4v) is 1.89. The van der Waals surface area contributed by atoms with Crippen LogP contribution in [-0.4, -0.2) is 65.4 Å². The molecule has 0 aromatic carbocycles. The number of β-amino-alcohol motifs (C(OH)–C–C–N with tert-alkyl or cyclic N) is 2. The topological polar surface area (TPSA) is 76.9 Å². The molecule has 1 aromatic rings. The van der Waals surface area contributed by atoms with Crippen molar-refractivity contribution in [3.05, 3.63) is 23.9 Å². The minimum atomic E-state index is -0.858. The zero-order valence-corrected chi connectivity index (χ0v) is 10.4. The number of amides is 1. The molecule has 1 saturated heterocycles. The summed E-state index contributed by atoms with van der Waals surface area (Å²) in [5.74, 6) is 0.552. The Hall–Kier alpha value is -1.66. The summed E-state index contributed by atoms with van der Waals surface area (Å²) >= 11 is 0. The summed E-state index contributed by atoms with van der Waals surface area (Å²) in [6.07, 6.45) is -0.208. The van der Waals surface area contributed by atoms with Crippen molar-refractivity contribution < 1.29 is 15.0 Å². The molecule has 2 heterocycles. The summed E-state index contributed by atoms with van der Waals surface area (Å²) in [5.41, 5.74) is 0.460. The van der Waals surface area contributed by atoms with E-state index in [9.17, 15) is 15.0 Å². The first-order valence-electron chi connectivity index (χ1n) is 5.78. The molecule has 2 atom stereocenters. The summed E-state index contributed by atoms with van der Waals surface area (Å²) in [4.78, 5) is 19.5. The van der Waals surface area contributed by atoms with Gasteiger partial charge in [-0.15, -0.1) is 0 Å². The molecule has 0 bridgehead atoms. The van der Waals surface area contributed by atoms with Gasteiger partial charge in [0, 0.05) is 33.4 Å². The molecule has 98 valence electrons. The highest BCUT2D eigenvalue weighted by Gasteiger charge is 2.32. The Morgan fingerprint density at radius 2 is 1.94 bits per heavy atom. The number of likely N-dealkylation sites (tertiary alicyclic amines) is 1. The van der Waals surface area contributed by atoms with Gasteiger partial charge in [0.1, 0.15) is 5.82 Å². The number of carbonyl (C=O) groups excluding carboxylic acids is 1. The van der Waals surface area contributed by atoms with Crippen LogP contribution in [0, 0.1) is 0 Å². The first-order chi connectivity index (χ1) is 8.49. The lowest BCUT2D eigenvalue weighted by molar-refractivity contribution is 0.0572. The molecule has 1 aliphatic rings. The van der Waals surface area contributed by atoms with Gasteiger partial charge in [0.05, 0.1) is 17.8 Å². The highest BCUT2D eigenvalue weighted by molar-refractivity contribution is 5.94. The number of aliphatic hydroxyl groups excluding tert-OH is 2. The summed E-state index contributed by atoms with van der Waals surface area (Å²) in [6.45, 7) is 0.324. The fourth-order valence-electron chi connectivity index (χ4n) is 1.89. The number of carbonyl (C=O) groups is 1. The third-order valence-corrected chi connectivity index (χ3v) is 3.00. The standard InChI is InChI=1S/C12H17N3O3/c1-14(2)11-4-3-8(5-13-11)12(18)15-6-9(16)10(17)7-15/h3-5,9-10,16-17H,6-7H2,1-2H3. The smallest absolute Gasteiger partial charge is 0.255 e. The molecule has 1 aromatic heterocycles. The number of aromatic nitrogens is 1. The Morgan fingerprint density at radius 1 is 1.33 bits per heavy atom. The average Bonchev–Trinajstić information content (AvgIpc) is 2.69. The predicted molar refractivity (Wildman–Crippen MR) is 66.5 cm³/mol. The lowest BCUT2D eigenvalue weighted by Crippen LogP contribution is -2.30. The second-order valence-electron chi connectivity index (χ2n) is 4.64. The Balaban J connectivity index is 2.10. The molecule has 1 amide bonds. The zero-order valence-electron chi connectivity index (χ0n) is 10.4. The van der Waals surface area contributed by atoms with Crippen LogP contribution >= 0.6 is 0 Å². The maximum absolute atomic E-state index is 12.1. The van der Waals surface area contributed by atoms with Gasteiger partial charge in [-0.1, -0.05) is 0 Å². The number of rotatable bonds is 2. The molecule has 2 N–H and O–H groups in total. The van der Waals surface area contributed by atoms with Crippen LogP contribution in [0.15, 0.2) is 18.3 Å². The van der Waals surface area contributed by atoms with Gasteiger partial charge in [-0.05, 0) is 12.1 Å². The van der Waals surface area contributed by atoms with Crippen LogP contribution in [0.2, 0.25) is 0 Å². The number of pyridine rings is 1. The monoisotopic (exact) mass is 251 g/mol. The maximum atomic E-state index is 12.1. The molecule has 0 radical (unpaired) electrons. The van der Waals surface area contributed by atoms with Gasteiger partial charge in [0.15, 0.2) is 0 Å². The third kappa shape index (κ3) is 2.44. The molecular formula is C12H17N3O3. The highest BCUT2D eigenvalue weighted by atomic mass is 16.3. The van der Waals surface area contributed by atoms with Crippen LogP contribution in [0.4, 0.5) is 5.82 Å². The van der Waals surface area contributed by atoms with Crippen LogP contribution < -0.4 is 4.90 Å². The van der Waals surface area contributed by atoms with E-state index in [1.165, 1.54) is 11.1 Å². The second-order valence-corrected chi connectivity index (χ2v) is 4.64. The molecule has 18 heavy (non-hydrogen) atoms. The van der Waals surface area contributed by atoms with Crippen LogP contribution in [0.25, 0.3) is 0 Å². The van der Waals surface area contributed by atoms with Crippen LogP contribution in [0.1, 0.15) is 10.4 Å². The van der Waals surface area contributed by atoms with Crippen molar-refractivity contribution in [2.24, 2.45) is 0 Å². The quantitative estimate of drug-likeness (QED) is 0.728. The van der Waals surface area contributed by atoms with Crippen LogP contribution in [0.5, 0.6) is 0 Å². The Kier molecular flexibility index (Phi) is 3.49. The minimum Gasteiger partial charge on any atom is -0.388 e. The van der Waals surface area contributed by atoms with Crippen molar-refractivity contribution in [3.63, 3.8) is 0 Å². The van der Waals surface area contributed by atoms with E-state index >= 15 is 0 Å². The van der Waals surface area contributed by atoms with E-state index in [1.54, 1.807) is 12.1 Å². The van der Waals surface area contributed by atoms with Gasteiger partial charge < -0.3 is 20.0 Å². The molecule has 0 saturated carbocycles. The number of hydrogen-bond donors (Lipinski definition) is 2. The SMILES string of the molecule is CN(C)c1ccc(C(=O)N2CC(O)C(O)C2)cn1. The number of nitrogens with zero attached hydrogens (tertiary/aromatic N) is 3. The van der Waals surface area contributed by atoms with Crippen molar-refractivity contribution >= 4 is 11.7 Å². The van der Waals surface area contributed by atoms with Gasteiger partial charge in [0.25, 0.3) is 5.91 Å². The summed E-state index contributed by atoms with van der Waals surface area (Å²) < 4.78 is 0. The molecule has 0 spiro atoms.